The van der Waals surface area contributed by atoms with Crippen LogP contribution in [0.2, 0.25) is 0 Å². The van der Waals surface area contributed by atoms with Gasteiger partial charge in [-0.2, -0.15) is 0 Å². The minimum Gasteiger partial charge on any atom is -0.326 e. The van der Waals surface area contributed by atoms with Gasteiger partial charge in [0.05, 0.1) is 0 Å². The second-order valence-electron chi connectivity index (χ2n) is 5.36. The van der Waals surface area contributed by atoms with E-state index in [4.69, 9.17) is 5.73 Å². The Morgan fingerprint density at radius 2 is 1.94 bits per heavy atom. The van der Waals surface area contributed by atoms with Crippen LogP contribution >= 0.6 is 0 Å². The maximum atomic E-state index is 13.6. The normalized spacial score (nSPS) is 32.4. The summed E-state index contributed by atoms with van der Waals surface area (Å²) in [5.74, 6) is -0.135. The van der Waals surface area contributed by atoms with Crippen LogP contribution in [-0.4, -0.2) is 54.6 Å². The molecule has 3 saturated heterocycles. The molecule has 2 bridgehead atoms. The summed E-state index contributed by atoms with van der Waals surface area (Å²) in [5, 5.41) is 0. The van der Waals surface area contributed by atoms with E-state index in [1.807, 2.05) is 12.1 Å². The Kier molecular flexibility index (Phi) is 3.33. The molecular formula is C14H20FN3. The fourth-order valence-corrected chi connectivity index (χ4v) is 3.12. The largest absolute Gasteiger partial charge is 0.326 e. The molecule has 3 fully saturated rings. The fourth-order valence-electron chi connectivity index (χ4n) is 3.12. The van der Waals surface area contributed by atoms with Crippen LogP contribution in [0.3, 0.4) is 0 Å². The second kappa shape index (κ2) is 4.96. The quantitative estimate of drug-likeness (QED) is 0.855. The van der Waals surface area contributed by atoms with Crippen LogP contribution in [0, 0.1) is 5.82 Å². The van der Waals surface area contributed by atoms with Crippen molar-refractivity contribution in [3.63, 3.8) is 0 Å². The smallest absolute Gasteiger partial charge is 0.126 e. The average Bonchev–Trinajstić information content (AvgIpc) is 2.42. The van der Waals surface area contributed by atoms with Gasteiger partial charge in [-0.25, -0.2) is 4.39 Å². The zero-order valence-electron chi connectivity index (χ0n) is 10.6. The van der Waals surface area contributed by atoms with Gasteiger partial charge < -0.3 is 5.73 Å². The minimum absolute atomic E-state index is 0.0185. The number of rotatable bonds is 3. The monoisotopic (exact) mass is 249 g/mol. The third kappa shape index (κ3) is 2.28. The molecule has 3 aliphatic heterocycles. The van der Waals surface area contributed by atoms with E-state index in [-0.39, 0.29) is 11.9 Å². The molecule has 0 radical (unpaired) electrons. The first-order valence-electron chi connectivity index (χ1n) is 6.69. The highest BCUT2D eigenvalue weighted by atomic mass is 19.1. The van der Waals surface area contributed by atoms with Gasteiger partial charge in [0.1, 0.15) is 5.82 Å². The van der Waals surface area contributed by atoms with Crippen LogP contribution in [0.5, 0.6) is 0 Å². The molecule has 98 valence electrons. The van der Waals surface area contributed by atoms with Crippen LogP contribution in [0.1, 0.15) is 5.56 Å². The van der Waals surface area contributed by atoms with Gasteiger partial charge in [0.2, 0.25) is 0 Å². The summed E-state index contributed by atoms with van der Waals surface area (Å²) in [6, 6.07) is 7.35. The molecular weight excluding hydrogens is 229 g/mol. The van der Waals surface area contributed by atoms with Gasteiger partial charge in [0, 0.05) is 44.8 Å². The van der Waals surface area contributed by atoms with Crippen molar-refractivity contribution in [1.82, 2.24) is 9.80 Å². The Balaban J connectivity index is 1.68. The summed E-state index contributed by atoms with van der Waals surface area (Å²) in [4.78, 5) is 4.93. The molecule has 3 aliphatic rings. The lowest BCUT2D eigenvalue weighted by Gasteiger charge is -2.49. The van der Waals surface area contributed by atoms with Crippen LogP contribution in [0.25, 0.3) is 0 Å². The Bertz CT molecular complexity index is 415. The van der Waals surface area contributed by atoms with Crippen molar-refractivity contribution in [3.05, 3.63) is 35.6 Å². The van der Waals surface area contributed by atoms with E-state index in [0.29, 0.717) is 12.5 Å². The predicted octanol–water partition coefficient (Wildman–Crippen LogP) is 0.695. The summed E-state index contributed by atoms with van der Waals surface area (Å²) < 4.78 is 13.6. The number of fused-ring (bicyclic) bond motifs is 3. The van der Waals surface area contributed by atoms with E-state index < -0.39 is 0 Å². The van der Waals surface area contributed by atoms with Crippen molar-refractivity contribution in [3.8, 4) is 0 Å². The molecule has 4 rings (SSSR count). The first-order valence-corrected chi connectivity index (χ1v) is 6.69. The van der Waals surface area contributed by atoms with Crippen molar-refractivity contribution in [2.24, 2.45) is 5.73 Å². The SMILES string of the molecule is NC(Cc1ccccc1F)C1CN2CCN1CC2. The molecule has 1 aromatic rings. The Labute approximate surface area is 107 Å². The molecule has 18 heavy (non-hydrogen) atoms. The molecule has 0 spiro atoms. The highest BCUT2D eigenvalue weighted by Crippen LogP contribution is 2.20. The molecule has 0 amide bonds. The molecule has 0 aromatic heterocycles. The van der Waals surface area contributed by atoms with E-state index in [9.17, 15) is 4.39 Å². The first kappa shape index (κ1) is 12.1. The number of halogens is 1. The van der Waals surface area contributed by atoms with Crippen LogP contribution in [-0.2, 0) is 6.42 Å². The van der Waals surface area contributed by atoms with Crippen molar-refractivity contribution in [2.45, 2.75) is 18.5 Å². The molecule has 1 aromatic carbocycles. The van der Waals surface area contributed by atoms with Gasteiger partial charge in [-0.05, 0) is 18.1 Å². The molecule has 2 atom stereocenters. The zero-order valence-corrected chi connectivity index (χ0v) is 10.6. The number of benzene rings is 1. The maximum Gasteiger partial charge on any atom is 0.126 e. The van der Waals surface area contributed by atoms with E-state index in [1.165, 1.54) is 6.07 Å². The maximum absolute atomic E-state index is 13.6. The summed E-state index contributed by atoms with van der Waals surface area (Å²) in [6.45, 7) is 5.56. The van der Waals surface area contributed by atoms with Gasteiger partial charge in [0.25, 0.3) is 0 Å². The van der Waals surface area contributed by atoms with E-state index >= 15 is 0 Å². The Hall–Kier alpha value is -0.970. The van der Waals surface area contributed by atoms with Crippen molar-refractivity contribution < 1.29 is 4.39 Å². The Morgan fingerprint density at radius 3 is 2.56 bits per heavy atom. The molecule has 2 unspecified atom stereocenters. The van der Waals surface area contributed by atoms with Crippen LogP contribution in [0.15, 0.2) is 24.3 Å². The van der Waals surface area contributed by atoms with Gasteiger partial charge in [0.15, 0.2) is 0 Å². The highest BCUT2D eigenvalue weighted by Gasteiger charge is 2.35. The lowest BCUT2D eigenvalue weighted by Crippen LogP contribution is -2.66. The number of hydrogen-bond donors (Lipinski definition) is 1. The standard InChI is InChI=1S/C14H20FN3/c15-12-4-2-1-3-11(12)9-13(16)14-10-17-5-7-18(14)8-6-17/h1-4,13-14H,5-10,16H2. The molecule has 2 N–H and O–H groups in total. The lowest BCUT2D eigenvalue weighted by molar-refractivity contribution is 0.00249. The molecule has 4 heteroatoms. The summed E-state index contributed by atoms with van der Waals surface area (Å²) in [5.41, 5.74) is 7.04. The molecule has 3 heterocycles. The molecule has 3 nitrogen and oxygen atoms in total. The number of nitrogens with zero attached hydrogens (tertiary/aromatic N) is 2. The van der Waals surface area contributed by atoms with E-state index in [2.05, 4.69) is 9.80 Å². The molecule has 0 aliphatic carbocycles. The predicted molar refractivity (Wildman–Crippen MR) is 69.9 cm³/mol. The zero-order chi connectivity index (χ0) is 12.5. The third-order valence-electron chi connectivity index (χ3n) is 4.23. The first-order chi connectivity index (χ1) is 8.74. The van der Waals surface area contributed by atoms with Gasteiger partial charge in [-0.15, -0.1) is 0 Å². The average molecular weight is 249 g/mol. The van der Waals surface area contributed by atoms with E-state index in [1.54, 1.807) is 6.07 Å². The number of hydrogen-bond acceptors (Lipinski definition) is 3. The second-order valence-corrected chi connectivity index (χ2v) is 5.36. The summed E-state index contributed by atoms with van der Waals surface area (Å²) in [7, 11) is 0. The van der Waals surface area contributed by atoms with Crippen molar-refractivity contribution >= 4 is 0 Å². The van der Waals surface area contributed by atoms with Gasteiger partial charge in [-0.3, -0.25) is 9.80 Å². The lowest BCUT2D eigenvalue weighted by atomic mass is 9.95. The van der Waals surface area contributed by atoms with Crippen LogP contribution in [0.4, 0.5) is 4.39 Å². The van der Waals surface area contributed by atoms with E-state index in [0.717, 1.165) is 38.3 Å². The van der Waals surface area contributed by atoms with Crippen molar-refractivity contribution in [1.29, 1.82) is 0 Å². The van der Waals surface area contributed by atoms with Gasteiger partial charge >= 0.3 is 0 Å². The number of piperazine rings is 3. The highest BCUT2D eigenvalue weighted by molar-refractivity contribution is 5.19. The summed E-state index contributed by atoms with van der Waals surface area (Å²) >= 11 is 0. The van der Waals surface area contributed by atoms with Gasteiger partial charge in [-0.1, -0.05) is 18.2 Å². The third-order valence-corrected chi connectivity index (χ3v) is 4.23. The summed E-state index contributed by atoms with van der Waals surface area (Å²) in [6.07, 6.45) is 0.627. The van der Waals surface area contributed by atoms with Crippen molar-refractivity contribution in [2.75, 3.05) is 32.7 Å². The molecule has 0 saturated carbocycles. The minimum atomic E-state index is -0.135. The topological polar surface area (TPSA) is 32.5 Å². The van der Waals surface area contributed by atoms with Crippen LogP contribution < -0.4 is 5.73 Å². The Morgan fingerprint density at radius 1 is 1.22 bits per heavy atom. The number of nitrogens with two attached hydrogens (primary N) is 1. The fraction of sp³-hybridized carbons (Fsp3) is 0.571.